The van der Waals surface area contributed by atoms with Gasteiger partial charge in [-0.2, -0.15) is 0 Å². The number of phenolic OH excluding ortho intramolecular Hbond substituents is 2. The number of nitrogens with zero attached hydrogens (tertiary/aromatic N) is 1. The van der Waals surface area contributed by atoms with Crippen molar-refractivity contribution in [3.63, 3.8) is 0 Å². The number of fused-ring (bicyclic) bond motifs is 1. The van der Waals surface area contributed by atoms with Crippen LogP contribution in [0.3, 0.4) is 0 Å². The van der Waals surface area contributed by atoms with Crippen LogP contribution in [-0.4, -0.2) is 75.3 Å². The van der Waals surface area contributed by atoms with Crippen molar-refractivity contribution >= 4 is 42.7 Å². The lowest BCUT2D eigenvalue weighted by atomic mass is 9.72. The smallest absolute Gasteiger partial charge is 0.534 e. The van der Waals surface area contributed by atoms with Gasteiger partial charge in [0.15, 0.2) is 11.5 Å². The first kappa shape index (κ1) is 26.7. The van der Waals surface area contributed by atoms with E-state index in [0.29, 0.717) is 11.0 Å². The number of aromatic hydroxyl groups is 2. The van der Waals surface area contributed by atoms with Crippen molar-refractivity contribution in [2.75, 3.05) is 13.1 Å². The van der Waals surface area contributed by atoms with E-state index in [-0.39, 0.29) is 25.1 Å². The average molecular weight is 555 g/mol. The fraction of sp³-hybridized carbons (Fsp3) is 0.238. The molecule has 1 fully saturated rings. The predicted molar refractivity (Wildman–Crippen MR) is 124 cm³/mol. The Bertz CT molecular complexity index is 1360. The Morgan fingerprint density at radius 2 is 1.95 bits per heavy atom. The zero-order valence-electron chi connectivity index (χ0n) is 19.0. The van der Waals surface area contributed by atoms with Crippen LogP contribution in [0.5, 0.6) is 17.2 Å². The number of hydrogen-bond acceptors (Lipinski definition) is 8. The molecule has 17 heteroatoms. The van der Waals surface area contributed by atoms with Crippen molar-refractivity contribution in [3.05, 3.63) is 51.5 Å². The van der Waals surface area contributed by atoms with Crippen molar-refractivity contribution in [2.24, 2.45) is 0 Å². The minimum Gasteiger partial charge on any atom is -0.534 e. The molecule has 0 aliphatic carbocycles. The van der Waals surface area contributed by atoms with E-state index >= 15 is 0 Å². The zero-order chi connectivity index (χ0) is 27.9. The molecule has 0 saturated carbocycles. The summed E-state index contributed by atoms with van der Waals surface area (Å²) in [7, 11) is -1.90. The maximum Gasteiger partial charge on any atom is 0.547 e. The van der Waals surface area contributed by atoms with E-state index in [4.69, 9.17) is 16.3 Å². The Balaban J connectivity index is 1.66. The Kier molecular flexibility index (Phi) is 7.19. The molecule has 2 atom stereocenters. The molecule has 0 spiro atoms. The Labute approximate surface area is 217 Å². The van der Waals surface area contributed by atoms with Crippen LogP contribution in [0.2, 0.25) is 5.02 Å². The molecule has 13 nitrogen and oxygen atoms in total. The number of imide groups is 1. The first-order valence-electron chi connectivity index (χ1n) is 10.9. The summed E-state index contributed by atoms with van der Waals surface area (Å²) in [6.07, 6.45) is -0.269. The molecule has 2 aromatic rings. The fourth-order valence-electron chi connectivity index (χ4n) is 4.04. The summed E-state index contributed by atoms with van der Waals surface area (Å²) < 4.78 is 34.0. The number of carboxylic acids is 1. The third-order valence-electron chi connectivity index (χ3n) is 5.88. The van der Waals surface area contributed by atoms with Gasteiger partial charge >= 0.3 is 25.1 Å². The summed E-state index contributed by atoms with van der Waals surface area (Å²) in [6.45, 7) is 0.0344. The van der Waals surface area contributed by atoms with E-state index in [1.54, 1.807) is 0 Å². The fourth-order valence-corrected chi connectivity index (χ4v) is 4.33. The van der Waals surface area contributed by atoms with Gasteiger partial charge < -0.3 is 40.9 Å². The Hall–Kier alpha value is -4.31. The van der Waals surface area contributed by atoms with E-state index in [1.807, 2.05) is 0 Å². The number of carboxylic acid groups (broad SMARTS) is 1. The molecule has 1 saturated heterocycles. The third-order valence-corrected chi connectivity index (χ3v) is 6.26. The second-order valence-corrected chi connectivity index (χ2v) is 8.64. The summed E-state index contributed by atoms with van der Waals surface area (Å²) in [5.74, 6) is -8.97. The number of aromatic carboxylic acids is 1. The number of carbonyl (C=O) groups is 4. The van der Waals surface area contributed by atoms with E-state index in [0.717, 1.165) is 6.07 Å². The lowest BCUT2D eigenvalue weighted by Crippen LogP contribution is -2.56. The Morgan fingerprint density at radius 1 is 1.24 bits per heavy atom. The van der Waals surface area contributed by atoms with Gasteiger partial charge in [-0.25, -0.2) is 28.1 Å². The predicted octanol–water partition coefficient (Wildman–Crippen LogP) is 0.643. The molecule has 0 radical (unpaired) electrons. The van der Waals surface area contributed by atoms with Crippen molar-refractivity contribution in [2.45, 2.75) is 18.4 Å². The van der Waals surface area contributed by atoms with Crippen LogP contribution in [-0.2, 0) is 11.2 Å². The molecule has 2 aromatic carbocycles. The lowest BCUT2D eigenvalue weighted by Gasteiger charge is -2.31. The monoisotopic (exact) mass is 554 g/mol. The van der Waals surface area contributed by atoms with Gasteiger partial charge in [-0.15, -0.1) is 0 Å². The van der Waals surface area contributed by atoms with E-state index in [9.17, 15) is 48.3 Å². The highest BCUT2D eigenvalue weighted by Crippen LogP contribution is 2.40. The highest BCUT2D eigenvalue weighted by atomic mass is 35.5. The molecule has 0 aromatic heterocycles. The van der Waals surface area contributed by atoms with Gasteiger partial charge in [0.1, 0.15) is 29.0 Å². The molecular formula is C21H18BClF2N4O9. The van der Waals surface area contributed by atoms with Crippen molar-refractivity contribution in [3.8, 4) is 17.2 Å². The molecular weight excluding hydrogens is 537 g/mol. The largest absolute Gasteiger partial charge is 0.547 e. The number of hydrogen-bond donors (Lipinski definition) is 7. The molecule has 38 heavy (non-hydrogen) atoms. The van der Waals surface area contributed by atoms with Crippen molar-refractivity contribution < 1.29 is 53.0 Å². The second-order valence-electron chi connectivity index (χ2n) is 8.26. The van der Waals surface area contributed by atoms with Crippen LogP contribution in [0.25, 0.3) is 0 Å². The van der Waals surface area contributed by atoms with Crippen LogP contribution in [0.4, 0.5) is 18.4 Å². The van der Waals surface area contributed by atoms with Gasteiger partial charge in [0.2, 0.25) is 5.91 Å². The van der Waals surface area contributed by atoms with Gasteiger partial charge in [0.05, 0.1) is 11.0 Å². The van der Waals surface area contributed by atoms with E-state index in [1.165, 1.54) is 6.07 Å². The van der Waals surface area contributed by atoms with Gasteiger partial charge in [0, 0.05) is 24.7 Å². The normalized spacial score (nSPS) is 17.3. The number of nitrogens with one attached hydrogen (secondary N) is 3. The summed E-state index contributed by atoms with van der Waals surface area (Å²) in [5.41, 5.74) is -1.48. The van der Waals surface area contributed by atoms with Crippen LogP contribution < -0.4 is 20.6 Å². The van der Waals surface area contributed by atoms with Gasteiger partial charge in [-0.05, 0) is 18.1 Å². The zero-order valence-corrected chi connectivity index (χ0v) is 19.8. The first-order chi connectivity index (χ1) is 17.9. The highest BCUT2D eigenvalue weighted by Gasteiger charge is 2.41. The van der Waals surface area contributed by atoms with Crippen LogP contribution in [0.1, 0.15) is 27.5 Å². The van der Waals surface area contributed by atoms with Crippen LogP contribution >= 0.6 is 11.6 Å². The van der Waals surface area contributed by atoms with E-state index < -0.39 is 88.1 Å². The quantitative estimate of drug-likeness (QED) is 0.205. The maximum absolute atomic E-state index is 14.9. The number of benzene rings is 2. The second kappa shape index (κ2) is 10.2. The number of phenols is 2. The molecule has 2 heterocycles. The third kappa shape index (κ3) is 4.82. The van der Waals surface area contributed by atoms with E-state index in [2.05, 4.69) is 16.0 Å². The van der Waals surface area contributed by atoms with Crippen molar-refractivity contribution in [1.29, 1.82) is 0 Å². The van der Waals surface area contributed by atoms with Crippen LogP contribution in [0.15, 0.2) is 18.2 Å². The maximum atomic E-state index is 14.9. The van der Waals surface area contributed by atoms with Crippen molar-refractivity contribution in [1.82, 2.24) is 20.9 Å². The summed E-state index contributed by atoms with van der Waals surface area (Å²) in [4.78, 5) is 50.0. The van der Waals surface area contributed by atoms with Gasteiger partial charge in [-0.3, -0.25) is 4.79 Å². The minimum atomic E-state index is -2.01. The summed E-state index contributed by atoms with van der Waals surface area (Å²) >= 11 is 5.98. The molecule has 2 aliphatic heterocycles. The Morgan fingerprint density at radius 3 is 2.58 bits per heavy atom. The molecule has 200 valence electrons. The standard InChI is InChI=1S/C21H18BClF2N4O9/c23-14-12(9(25)6-10(30)16(14)31)15(28-21(36)29-4-3-26-20(29)35)18(32)27-11-5-7-1-2-8(24)13(19(33)34)17(7)38-22(11)37/h1-2,6,11,15,30-31,37H,3-5H2,(H,26,35)(H,27,32)(H,28,36)(H,33,34). The van der Waals surface area contributed by atoms with Crippen LogP contribution in [0, 0.1) is 11.6 Å². The number of carbonyl (C=O) groups excluding carboxylic acids is 3. The average Bonchev–Trinajstić information content (AvgIpc) is 3.28. The molecule has 2 unspecified atom stereocenters. The summed E-state index contributed by atoms with van der Waals surface area (Å²) in [6, 6.07) is -1.44. The number of amides is 5. The number of urea groups is 2. The van der Waals surface area contributed by atoms with Gasteiger partial charge in [0.25, 0.3) is 0 Å². The topological polar surface area (TPSA) is 198 Å². The molecule has 2 aliphatic rings. The molecule has 7 N–H and O–H groups in total. The minimum absolute atomic E-state index is 0.0789. The van der Waals surface area contributed by atoms with Gasteiger partial charge in [-0.1, -0.05) is 17.7 Å². The summed E-state index contributed by atoms with van der Waals surface area (Å²) in [5, 5.41) is 45.3. The molecule has 5 amide bonds. The molecule has 4 rings (SSSR count). The highest BCUT2D eigenvalue weighted by molar-refractivity contribution is 6.47. The number of halogens is 3. The lowest BCUT2D eigenvalue weighted by molar-refractivity contribution is -0.123. The first-order valence-corrected chi connectivity index (χ1v) is 11.2. The number of rotatable bonds is 5. The SMILES string of the molecule is O=C(O)c1c(F)ccc2c1OB(O)C(NC(=O)C(NC(=O)N1CCNC1=O)c1c(F)cc(O)c(O)c1Cl)C2. The molecule has 0 bridgehead atoms.